The highest BCUT2D eigenvalue weighted by molar-refractivity contribution is 5.27. The van der Waals surface area contributed by atoms with Gasteiger partial charge in [-0.25, -0.2) is 0 Å². The van der Waals surface area contributed by atoms with Gasteiger partial charge in [0.15, 0.2) is 0 Å². The molecule has 1 N–H and O–H groups in total. The first-order valence-corrected chi connectivity index (χ1v) is 8.05. The lowest BCUT2D eigenvalue weighted by Crippen LogP contribution is -2.45. The topological polar surface area (TPSA) is 15.3 Å². The average molecular weight is 274 g/mol. The Morgan fingerprint density at radius 1 is 1.20 bits per heavy atom. The summed E-state index contributed by atoms with van der Waals surface area (Å²) in [5.41, 5.74) is 3.10. The zero-order chi connectivity index (χ0) is 14.6. The van der Waals surface area contributed by atoms with E-state index in [9.17, 15) is 0 Å². The van der Waals surface area contributed by atoms with E-state index >= 15 is 0 Å². The van der Waals surface area contributed by atoms with Gasteiger partial charge < -0.3 is 5.32 Å². The van der Waals surface area contributed by atoms with Crippen molar-refractivity contribution < 1.29 is 0 Å². The molecule has 1 atom stereocenters. The molecule has 2 heteroatoms. The van der Waals surface area contributed by atoms with Gasteiger partial charge in [0.25, 0.3) is 0 Å². The minimum atomic E-state index is 0.246. The molecule has 1 unspecified atom stereocenters. The molecule has 2 rings (SSSR count). The standard InChI is InChI=1S/C18H30N2/c1-5-20(17-7-6-12-19-13-17)14-15-8-10-16(11-9-15)18(2,3)4/h8-11,17,19H,5-7,12-14H2,1-4H3. The van der Waals surface area contributed by atoms with Crippen molar-refractivity contribution in [1.29, 1.82) is 0 Å². The van der Waals surface area contributed by atoms with Crippen molar-refractivity contribution in [3.8, 4) is 0 Å². The Bertz CT molecular complexity index is 396. The molecule has 1 aliphatic heterocycles. The number of piperidine rings is 1. The summed E-state index contributed by atoms with van der Waals surface area (Å²) in [6.45, 7) is 13.6. The van der Waals surface area contributed by atoms with Crippen LogP contribution in [0.1, 0.15) is 51.7 Å². The van der Waals surface area contributed by atoms with Gasteiger partial charge in [-0.05, 0) is 42.5 Å². The fourth-order valence-electron chi connectivity index (χ4n) is 2.99. The molecule has 0 aromatic heterocycles. The quantitative estimate of drug-likeness (QED) is 0.903. The van der Waals surface area contributed by atoms with Crippen LogP contribution in [0.2, 0.25) is 0 Å². The Labute approximate surface area is 124 Å². The van der Waals surface area contributed by atoms with Gasteiger partial charge in [-0.3, -0.25) is 4.90 Å². The third-order valence-corrected chi connectivity index (χ3v) is 4.40. The van der Waals surface area contributed by atoms with E-state index in [1.54, 1.807) is 0 Å². The SMILES string of the molecule is CCN(Cc1ccc(C(C)(C)C)cc1)C1CCCNC1. The van der Waals surface area contributed by atoms with Gasteiger partial charge in [-0.1, -0.05) is 52.0 Å². The van der Waals surface area contributed by atoms with Crippen LogP contribution in [-0.4, -0.2) is 30.6 Å². The van der Waals surface area contributed by atoms with Gasteiger partial charge in [0.05, 0.1) is 0 Å². The van der Waals surface area contributed by atoms with Crippen LogP contribution in [0.3, 0.4) is 0 Å². The minimum absolute atomic E-state index is 0.246. The summed E-state index contributed by atoms with van der Waals surface area (Å²) in [6, 6.07) is 9.90. The Morgan fingerprint density at radius 3 is 2.40 bits per heavy atom. The van der Waals surface area contributed by atoms with Crippen LogP contribution >= 0.6 is 0 Å². The van der Waals surface area contributed by atoms with E-state index in [1.807, 2.05) is 0 Å². The normalized spacial score (nSPS) is 20.4. The predicted octanol–water partition coefficient (Wildman–Crippen LogP) is 3.56. The number of nitrogens with one attached hydrogen (secondary N) is 1. The Balaban J connectivity index is 2.00. The highest BCUT2D eigenvalue weighted by atomic mass is 15.2. The van der Waals surface area contributed by atoms with Crippen LogP contribution in [-0.2, 0) is 12.0 Å². The van der Waals surface area contributed by atoms with Crippen molar-refractivity contribution in [2.45, 2.75) is 58.5 Å². The minimum Gasteiger partial charge on any atom is -0.315 e. The van der Waals surface area contributed by atoms with Crippen molar-refractivity contribution in [3.05, 3.63) is 35.4 Å². The first-order chi connectivity index (χ1) is 9.50. The van der Waals surface area contributed by atoms with Crippen molar-refractivity contribution in [2.75, 3.05) is 19.6 Å². The van der Waals surface area contributed by atoms with Crippen molar-refractivity contribution >= 4 is 0 Å². The lowest BCUT2D eigenvalue weighted by atomic mass is 9.86. The number of hydrogen-bond acceptors (Lipinski definition) is 2. The van der Waals surface area contributed by atoms with Gasteiger partial charge in [0.1, 0.15) is 0 Å². The summed E-state index contributed by atoms with van der Waals surface area (Å²) in [4.78, 5) is 2.61. The molecule has 0 saturated carbocycles. The first-order valence-electron chi connectivity index (χ1n) is 8.05. The van der Waals surface area contributed by atoms with Crippen molar-refractivity contribution in [2.24, 2.45) is 0 Å². The molecule has 0 radical (unpaired) electrons. The summed E-state index contributed by atoms with van der Waals surface area (Å²) in [5.74, 6) is 0. The molecule has 112 valence electrons. The third-order valence-electron chi connectivity index (χ3n) is 4.40. The molecule has 1 aromatic rings. The Kier molecular flexibility index (Phi) is 5.22. The molecule has 2 nitrogen and oxygen atoms in total. The fourth-order valence-corrected chi connectivity index (χ4v) is 2.99. The van der Waals surface area contributed by atoms with E-state index in [1.165, 1.54) is 30.5 Å². The summed E-state index contributed by atoms with van der Waals surface area (Å²) in [6.07, 6.45) is 2.64. The summed E-state index contributed by atoms with van der Waals surface area (Å²) >= 11 is 0. The smallest absolute Gasteiger partial charge is 0.0237 e. The highest BCUT2D eigenvalue weighted by Crippen LogP contribution is 2.23. The maximum absolute atomic E-state index is 3.52. The second-order valence-corrected chi connectivity index (χ2v) is 7.01. The fraction of sp³-hybridized carbons (Fsp3) is 0.667. The second kappa shape index (κ2) is 6.73. The summed E-state index contributed by atoms with van der Waals surface area (Å²) < 4.78 is 0. The van der Waals surface area contributed by atoms with Gasteiger partial charge >= 0.3 is 0 Å². The van der Waals surface area contributed by atoms with Crippen molar-refractivity contribution in [3.63, 3.8) is 0 Å². The zero-order valence-electron chi connectivity index (χ0n) is 13.6. The molecule has 0 aliphatic carbocycles. The average Bonchev–Trinajstić information content (AvgIpc) is 2.45. The largest absolute Gasteiger partial charge is 0.315 e. The molecule has 0 amide bonds. The second-order valence-electron chi connectivity index (χ2n) is 7.01. The molecule has 1 aliphatic rings. The lowest BCUT2D eigenvalue weighted by molar-refractivity contribution is 0.166. The molecule has 0 bridgehead atoms. The third kappa shape index (κ3) is 4.07. The lowest BCUT2D eigenvalue weighted by Gasteiger charge is -2.34. The first kappa shape index (κ1) is 15.5. The van der Waals surface area contributed by atoms with Crippen LogP contribution in [0, 0.1) is 0 Å². The van der Waals surface area contributed by atoms with E-state index in [0.29, 0.717) is 6.04 Å². The van der Waals surface area contributed by atoms with E-state index in [2.05, 4.69) is 62.2 Å². The molecule has 20 heavy (non-hydrogen) atoms. The van der Waals surface area contributed by atoms with Crippen LogP contribution in [0.5, 0.6) is 0 Å². The maximum atomic E-state index is 3.52. The number of nitrogens with zero attached hydrogens (tertiary/aromatic N) is 1. The summed E-state index contributed by atoms with van der Waals surface area (Å²) in [7, 11) is 0. The van der Waals surface area contributed by atoms with Crippen LogP contribution < -0.4 is 5.32 Å². The van der Waals surface area contributed by atoms with Crippen molar-refractivity contribution in [1.82, 2.24) is 10.2 Å². The number of likely N-dealkylation sites (N-methyl/N-ethyl adjacent to an activating group) is 1. The Morgan fingerprint density at radius 2 is 1.90 bits per heavy atom. The zero-order valence-corrected chi connectivity index (χ0v) is 13.6. The van der Waals surface area contributed by atoms with E-state index in [4.69, 9.17) is 0 Å². The van der Waals surface area contributed by atoms with Crippen LogP contribution in [0.15, 0.2) is 24.3 Å². The number of benzene rings is 1. The molecule has 1 saturated heterocycles. The van der Waals surface area contributed by atoms with Crippen LogP contribution in [0.25, 0.3) is 0 Å². The molecule has 1 fully saturated rings. The Hall–Kier alpha value is -0.860. The number of rotatable bonds is 4. The molecule has 1 aromatic carbocycles. The monoisotopic (exact) mass is 274 g/mol. The molecular weight excluding hydrogens is 244 g/mol. The summed E-state index contributed by atoms with van der Waals surface area (Å²) in [5, 5.41) is 3.52. The molecule has 1 heterocycles. The van der Waals surface area contributed by atoms with Gasteiger partial charge in [-0.15, -0.1) is 0 Å². The van der Waals surface area contributed by atoms with E-state index in [-0.39, 0.29) is 5.41 Å². The maximum Gasteiger partial charge on any atom is 0.0237 e. The van der Waals surface area contributed by atoms with Gasteiger partial charge in [0, 0.05) is 19.1 Å². The van der Waals surface area contributed by atoms with Crippen LogP contribution in [0.4, 0.5) is 0 Å². The highest BCUT2D eigenvalue weighted by Gasteiger charge is 2.20. The predicted molar refractivity (Wildman–Crippen MR) is 87.1 cm³/mol. The van der Waals surface area contributed by atoms with Gasteiger partial charge in [0.2, 0.25) is 0 Å². The van der Waals surface area contributed by atoms with Gasteiger partial charge in [-0.2, -0.15) is 0 Å². The molecule has 0 spiro atoms. The van der Waals surface area contributed by atoms with E-state index in [0.717, 1.165) is 19.6 Å². The molecular formula is C18H30N2. The number of hydrogen-bond donors (Lipinski definition) is 1. The van der Waals surface area contributed by atoms with E-state index < -0.39 is 0 Å².